The second-order valence-corrected chi connectivity index (χ2v) is 4.23. The summed E-state index contributed by atoms with van der Waals surface area (Å²) in [6.45, 7) is 3.91. The summed E-state index contributed by atoms with van der Waals surface area (Å²) in [5.41, 5.74) is 9.60. The molecule has 3 N–H and O–H groups in total. The minimum Gasteiger partial charge on any atom is -0.323 e. The SMILES string of the molecule is Cc1cn(C)nc1CC1=CC(N)CNC1. The van der Waals surface area contributed by atoms with Gasteiger partial charge in [-0.05, 0) is 12.5 Å². The Morgan fingerprint density at radius 1 is 1.67 bits per heavy atom. The standard InChI is InChI=1S/C11H18N4/c1-8-7-15(2)14-11(8)4-9-3-10(12)6-13-5-9/h3,7,10,13H,4-6,12H2,1-2H3. The molecule has 1 aliphatic rings. The van der Waals surface area contributed by atoms with Crippen LogP contribution in [0.1, 0.15) is 11.3 Å². The maximum Gasteiger partial charge on any atom is 0.0694 e. The lowest BCUT2D eigenvalue weighted by atomic mass is 10.0. The average Bonchev–Trinajstić information content (AvgIpc) is 2.45. The van der Waals surface area contributed by atoms with Crippen LogP contribution in [0.2, 0.25) is 0 Å². The van der Waals surface area contributed by atoms with Crippen LogP contribution in [0.15, 0.2) is 17.8 Å². The summed E-state index contributed by atoms with van der Waals surface area (Å²) >= 11 is 0. The van der Waals surface area contributed by atoms with E-state index in [1.807, 2.05) is 17.9 Å². The van der Waals surface area contributed by atoms with E-state index in [1.165, 1.54) is 11.1 Å². The van der Waals surface area contributed by atoms with Gasteiger partial charge in [0.05, 0.1) is 5.69 Å². The molecule has 0 spiro atoms. The summed E-state index contributed by atoms with van der Waals surface area (Å²) in [4.78, 5) is 0. The fourth-order valence-corrected chi connectivity index (χ4v) is 1.98. The van der Waals surface area contributed by atoms with Gasteiger partial charge >= 0.3 is 0 Å². The lowest BCUT2D eigenvalue weighted by molar-refractivity contribution is 0.623. The fourth-order valence-electron chi connectivity index (χ4n) is 1.98. The van der Waals surface area contributed by atoms with Gasteiger partial charge in [-0.2, -0.15) is 5.10 Å². The fraction of sp³-hybridized carbons (Fsp3) is 0.545. The van der Waals surface area contributed by atoms with Crippen molar-refractivity contribution in [3.05, 3.63) is 29.1 Å². The van der Waals surface area contributed by atoms with Gasteiger partial charge in [-0.25, -0.2) is 0 Å². The van der Waals surface area contributed by atoms with E-state index in [0.29, 0.717) is 0 Å². The van der Waals surface area contributed by atoms with Crippen LogP contribution in [0, 0.1) is 6.92 Å². The normalized spacial score (nSPS) is 21.5. The Morgan fingerprint density at radius 2 is 2.47 bits per heavy atom. The summed E-state index contributed by atoms with van der Waals surface area (Å²) < 4.78 is 1.86. The molecular formula is C11H18N4. The molecule has 2 heterocycles. The number of nitrogens with two attached hydrogens (primary N) is 1. The van der Waals surface area contributed by atoms with E-state index in [4.69, 9.17) is 5.73 Å². The molecule has 0 aromatic carbocycles. The van der Waals surface area contributed by atoms with Gasteiger partial charge in [0, 0.05) is 38.8 Å². The van der Waals surface area contributed by atoms with E-state index in [1.54, 1.807) is 0 Å². The lowest BCUT2D eigenvalue weighted by Crippen LogP contribution is -2.38. The first-order valence-corrected chi connectivity index (χ1v) is 5.30. The summed E-state index contributed by atoms with van der Waals surface area (Å²) in [6, 6.07) is 0.151. The maximum absolute atomic E-state index is 5.86. The zero-order valence-corrected chi connectivity index (χ0v) is 9.33. The Labute approximate surface area is 90.2 Å². The molecule has 0 saturated carbocycles. The van der Waals surface area contributed by atoms with E-state index in [0.717, 1.165) is 25.2 Å². The van der Waals surface area contributed by atoms with Gasteiger partial charge in [0.25, 0.3) is 0 Å². The van der Waals surface area contributed by atoms with Crippen molar-refractivity contribution in [2.45, 2.75) is 19.4 Å². The monoisotopic (exact) mass is 206 g/mol. The number of hydrogen-bond donors (Lipinski definition) is 2. The quantitative estimate of drug-likeness (QED) is 0.676. The topological polar surface area (TPSA) is 55.9 Å². The zero-order chi connectivity index (χ0) is 10.8. The molecule has 4 nitrogen and oxygen atoms in total. The first kappa shape index (κ1) is 10.4. The molecule has 1 aromatic heterocycles. The number of aromatic nitrogens is 2. The first-order valence-electron chi connectivity index (χ1n) is 5.30. The number of nitrogens with zero attached hydrogens (tertiary/aromatic N) is 2. The molecule has 2 rings (SSSR count). The molecule has 1 aromatic rings. The summed E-state index contributed by atoms with van der Waals surface area (Å²) in [7, 11) is 1.95. The van der Waals surface area contributed by atoms with Crippen molar-refractivity contribution in [2.24, 2.45) is 12.8 Å². The third-order valence-corrected chi connectivity index (χ3v) is 2.69. The van der Waals surface area contributed by atoms with Crippen LogP contribution in [0.4, 0.5) is 0 Å². The van der Waals surface area contributed by atoms with Crippen molar-refractivity contribution in [1.29, 1.82) is 0 Å². The van der Waals surface area contributed by atoms with Crippen LogP contribution < -0.4 is 11.1 Å². The zero-order valence-electron chi connectivity index (χ0n) is 9.33. The average molecular weight is 206 g/mol. The highest BCUT2D eigenvalue weighted by Crippen LogP contribution is 2.12. The van der Waals surface area contributed by atoms with Gasteiger partial charge in [0.2, 0.25) is 0 Å². The number of aryl methyl sites for hydroxylation is 2. The summed E-state index contributed by atoms with van der Waals surface area (Å²) in [5.74, 6) is 0. The molecule has 82 valence electrons. The third kappa shape index (κ3) is 2.46. The molecule has 0 fully saturated rings. The Hall–Kier alpha value is -1.13. The van der Waals surface area contributed by atoms with Crippen molar-refractivity contribution < 1.29 is 0 Å². The van der Waals surface area contributed by atoms with Gasteiger partial charge < -0.3 is 11.1 Å². The molecule has 1 unspecified atom stereocenters. The van der Waals surface area contributed by atoms with Gasteiger partial charge in [-0.1, -0.05) is 11.6 Å². The molecule has 0 radical (unpaired) electrons. The van der Waals surface area contributed by atoms with Gasteiger partial charge in [-0.15, -0.1) is 0 Å². The highest BCUT2D eigenvalue weighted by atomic mass is 15.2. The van der Waals surface area contributed by atoms with Gasteiger partial charge in [-0.3, -0.25) is 4.68 Å². The van der Waals surface area contributed by atoms with Crippen LogP contribution in [0.3, 0.4) is 0 Å². The highest BCUT2D eigenvalue weighted by Gasteiger charge is 2.12. The minimum atomic E-state index is 0.151. The van der Waals surface area contributed by atoms with Crippen molar-refractivity contribution in [1.82, 2.24) is 15.1 Å². The predicted octanol–water partition coefficient (Wildman–Crippen LogP) is 0.128. The van der Waals surface area contributed by atoms with Crippen molar-refractivity contribution >= 4 is 0 Å². The van der Waals surface area contributed by atoms with E-state index in [9.17, 15) is 0 Å². The van der Waals surface area contributed by atoms with Crippen molar-refractivity contribution in [3.63, 3.8) is 0 Å². The van der Waals surface area contributed by atoms with Crippen LogP contribution in [0.5, 0.6) is 0 Å². The number of hydrogen-bond acceptors (Lipinski definition) is 3. The predicted molar refractivity (Wildman–Crippen MR) is 60.6 cm³/mol. The minimum absolute atomic E-state index is 0.151. The summed E-state index contributed by atoms with van der Waals surface area (Å²) in [6.07, 6.45) is 5.12. The van der Waals surface area contributed by atoms with E-state index >= 15 is 0 Å². The molecule has 0 bridgehead atoms. The second-order valence-electron chi connectivity index (χ2n) is 4.23. The molecule has 1 aliphatic heterocycles. The molecular weight excluding hydrogens is 188 g/mol. The molecule has 15 heavy (non-hydrogen) atoms. The Balaban J connectivity index is 2.11. The Morgan fingerprint density at radius 3 is 3.07 bits per heavy atom. The molecule has 1 atom stereocenters. The third-order valence-electron chi connectivity index (χ3n) is 2.69. The van der Waals surface area contributed by atoms with Gasteiger partial charge in [0.15, 0.2) is 0 Å². The smallest absolute Gasteiger partial charge is 0.0694 e. The number of nitrogens with one attached hydrogen (secondary N) is 1. The van der Waals surface area contributed by atoms with E-state index < -0.39 is 0 Å². The maximum atomic E-state index is 5.86. The summed E-state index contributed by atoms with van der Waals surface area (Å²) in [5, 5.41) is 7.74. The number of rotatable bonds is 2. The Kier molecular flexibility index (Phi) is 2.88. The molecule has 0 aliphatic carbocycles. The van der Waals surface area contributed by atoms with E-state index in [-0.39, 0.29) is 6.04 Å². The van der Waals surface area contributed by atoms with Crippen LogP contribution in [-0.2, 0) is 13.5 Å². The molecule has 4 heteroatoms. The largest absolute Gasteiger partial charge is 0.323 e. The van der Waals surface area contributed by atoms with Crippen LogP contribution in [-0.4, -0.2) is 28.9 Å². The second kappa shape index (κ2) is 4.16. The Bertz CT molecular complexity index is 378. The van der Waals surface area contributed by atoms with Crippen molar-refractivity contribution in [2.75, 3.05) is 13.1 Å². The van der Waals surface area contributed by atoms with Crippen LogP contribution >= 0.6 is 0 Å². The van der Waals surface area contributed by atoms with E-state index in [2.05, 4.69) is 23.4 Å². The highest BCUT2D eigenvalue weighted by molar-refractivity contribution is 5.24. The first-order chi connectivity index (χ1) is 7.15. The lowest BCUT2D eigenvalue weighted by Gasteiger charge is -2.18. The van der Waals surface area contributed by atoms with Gasteiger partial charge in [0.1, 0.15) is 0 Å². The molecule has 0 saturated heterocycles. The molecule has 0 amide bonds. The van der Waals surface area contributed by atoms with Crippen LogP contribution in [0.25, 0.3) is 0 Å². The van der Waals surface area contributed by atoms with Crippen molar-refractivity contribution in [3.8, 4) is 0 Å².